The lowest BCUT2D eigenvalue weighted by Gasteiger charge is -2.34. The molecule has 3 rings (SSSR count). The maximum atomic E-state index is 9.19. The van der Waals surface area contributed by atoms with Gasteiger partial charge in [-0.2, -0.15) is 0 Å². The van der Waals surface area contributed by atoms with Gasteiger partial charge in [0.2, 0.25) is 0 Å². The van der Waals surface area contributed by atoms with E-state index in [2.05, 4.69) is 10.5 Å². The molecule has 2 aromatic rings. The Kier molecular flexibility index (Phi) is 3.13. The fourth-order valence-corrected chi connectivity index (χ4v) is 2.61. The molecule has 100 valence electrons. The predicted molar refractivity (Wildman–Crippen MR) is 69.0 cm³/mol. The van der Waals surface area contributed by atoms with E-state index in [4.69, 9.17) is 8.83 Å². The van der Waals surface area contributed by atoms with Crippen LogP contribution < -0.4 is 5.32 Å². The standard InChI is InChI=1S/C14H16N2O3/c1-9-10(16-17)8-11(12-4-2-6-18-12)15-14(9)13-5-3-7-19-13/h2-7,9,11,14-15,17H,8H2,1H3/b16-10-/t9-,11-,14-/m0/s1. The average molecular weight is 260 g/mol. The number of furan rings is 2. The van der Waals surface area contributed by atoms with E-state index in [9.17, 15) is 5.21 Å². The molecule has 3 heterocycles. The number of nitrogens with one attached hydrogen (secondary N) is 1. The van der Waals surface area contributed by atoms with Gasteiger partial charge >= 0.3 is 0 Å². The van der Waals surface area contributed by atoms with Gasteiger partial charge in [0, 0.05) is 12.3 Å². The lowest BCUT2D eigenvalue weighted by Crippen LogP contribution is -2.41. The molecule has 0 aliphatic carbocycles. The summed E-state index contributed by atoms with van der Waals surface area (Å²) < 4.78 is 10.9. The Morgan fingerprint density at radius 1 is 1.21 bits per heavy atom. The van der Waals surface area contributed by atoms with Gasteiger partial charge in [0.05, 0.1) is 30.3 Å². The SMILES string of the molecule is C[C@H]1/C(=N\O)C[C@@H](c2ccco2)N[C@@H]1c1ccco1. The Morgan fingerprint density at radius 2 is 1.89 bits per heavy atom. The van der Waals surface area contributed by atoms with E-state index in [1.165, 1.54) is 0 Å². The van der Waals surface area contributed by atoms with Gasteiger partial charge in [0.25, 0.3) is 0 Å². The molecule has 5 heteroatoms. The second-order valence-electron chi connectivity index (χ2n) is 4.81. The lowest BCUT2D eigenvalue weighted by molar-refractivity contribution is 0.267. The Hall–Kier alpha value is -2.01. The van der Waals surface area contributed by atoms with Crippen LogP contribution >= 0.6 is 0 Å². The molecular weight excluding hydrogens is 244 g/mol. The lowest BCUT2D eigenvalue weighted by atomic mass is 9.85. The third kappa shape index (κ3) is 2.17. The highest BCUT2D eigenvalue weighted by Crippen LogP contribution is 2.35. The number of rotatable bonds is 2. The second-order valence-corrected chi connectivity index (χ2v) is 4.81. The summed E-state index contributed by atoms with van der Waals surface area (Å²) >= 11 is 0. The molecule has 0 aromatic carbocycles. The summed E-state index contributed by atoms with van der Waals surface area (Å²) in [5, 5.41) is 16.1. The summed E-state index contributed by atoms with van der Waals surface area (Å²) in [7, 11) is 0. The average Bonchev–Trinajstić information content (AvgIpc) is 3.12. The molecule has 0 bridgehead atoms. The van der Waals surface area contributed by atoms with Gasteiger partial charge in [0.1, 0.15) is 11.5 Å². The topological polar surface area (TPSA) is 70.9 Å². The molecule has 2 aromatic heterocycles. The van der Waals surface area contributed by atoms with E-state index in [0.717, 1.165) is 17.2 Å². The Labute approximate surface area is 110 Å². The van der Waals surface area contributed by atoms with Crippen molar-refractivity contribution in [2.45, 2.75) is 25.4 Å². The van der Waals surface area contributed by atoms with Crippen LogP contribution in [0.4, 0.5) is 0 Å². The molecular formula is C14H16N2O3. The maximum absolute atomic E-state index is 9.19. The van der Waals surface area contributed by atoms with E-state index in [1.807, 2.05) is 31.2 Å². The monoisotopic (exact) mass is 260 g/mol. The van der Waals surface area contributed by atoms with Crippen LogP contribution in [0.2, 0.25) is 0 Å². The van der Waals surface area contributed by atoms with E-state index >= 15 is 0 Å². The molecule has 1 aliphatic heterocycles. The minimum Gasteiger partial charge on any atom is -0.468 e. The zero-order valence-electron chi connectivity index (χ0n) is 10.6. The zero-order valence-corrected chi connectivity index (χ0v) is 10.6. The Morgan fingerprint density at radius 3 is 2.47 bits per heavy atom. The quantitative estimate of drug-likeness (QED) is 0.643. The highest BCUT2D eigenvalue weighted by atomic mass is 16.4. The molecule has 1 saturated heterocycles. The molecule has 0 amide bonds. The fourth-order valence-electron chi connectivity index (χ4n) is 2.61. The number of oxime groups is 1. The molecule has 19 heavy (non-hydrogen) atoms. The number of nitrogens with zero attached hydrogens (tertiary/aromatic N) is 1. The first-order chi connectivity index (χ1) is 9.29. The number of hydrogen-bond acceptors (Lipinski definition) is 5. The summed E-state index contributed by atoms with van der Waals surface area (Å²) in [6.45, 7) is 2.02. The van der Waals surface area contributed by atoms with Crippen molar-refractivity contribution in [1.29, 1.82) is 0 Å². The molecule has 1 fully saturated rings. The van der Waals surface area contributed by atoms with Gasteiger partial charge in [-0.25, -0.2) is 0 Å². The van der Waals surface area contributed by atoms with Crippen LogP contribution in [0.15, 0.2) is 50.8 Å². The second kappa shape index (κ2) is 4.93. The molecule has 0 spiro atoms. The van der Waals surface area contributed by atoms with Crippen molar-refractivity contribution in [3.05, 3.63) is 48.3 Å². The molecule has 5 nitrogen and oxygen atoms in total. The minimum atomic E-state index is -0.0234. The van der Waals surface area contributed by atoms with Crippen LogP contribution in [0.1, 0.15) is 36.9 Å². The van der Waals surface area contributed by atoms with Gasteiger partial charge in [-0.15, -0.1) is 0 Å². The van der Waals surface area contributed by atoms with Gasteiger partial charge in [-0.3, -0.25) is 5.32 Å². The molecule has 2 N–H and O–H groups in total. The van der Waals surface area contributed by atoms with Crippen LogP contribution in [0.25, 0.3) is 0 Å². The van der Waals surface area contributed by atoms with E-state index in [1.54, 1.807) is 12.5 Å². The zero-order chi connectivity index (χ0) is 13.2. The summed E-state index contributed by atoms with van der Waals surface area (Å²) in [4.78, 5) is 0. The third-order valence-electron chi connectivity index (χ3n) is 3.68. The van der Waals surface area contributed by atoms with E-state index < -0.39 is 0 Å². The highest BCUT2D eigenvalue weighted by Gasteiger charge is 2.36. The number of hydrogen-bond donors (Lipinski definition) is 2. The third-order valence-corrected chi connectivity index (χ3v) is 3.68. The largest absolute Gasteiger partial charge is 0.468 e. The van der Waals surface area contributed by atoms with E-state index in [0.29, 0.717) is 6.42 Å². The van der Waals surface area contributed by atoms with Crippen LogP contribution in [-0.2, 0) is 0 Å². The van der Waals surface area contributed by atoms with Gasteiger partial charge in [-0.1, -0.05) is 12.1 Å². The smallest absolute Gasteiger partial charge is 0.121 e. The van der Waals surface area contributed by atoms with Crippen LogP contribution in [0, 0.1) is 5.92 Å². The first kappa shape index (κ1) is 12.0. The summed E-state index contributed by atoms with van der Waals surface area (Å²) in [5.41, 5.74) is 0.751. The van der Waals surface area contributed by atoms with Crippen molar-refractivity contribution in [3.8, 4) is 0 Å². The van der Waals surface area contributed by atoms with Crippen molar-refractivity contribution in [1.82, 2.24) is 5.32 Å². The summed E-state index contributed by atoms with van der Waals surface area (Å²) in [6.07, 6.45) is 3.92. The van der Waals surface area contributed by atoms with Crippen molar-refractivity contribution < 1.29 is 14.0 Å². The fraction of sp³-hybridized carbons (Fsp3) is 0.357. The Balaban J connectivity index is 1.91. The minimum absolute atomic E-state index is 0.00722. The first-order valence-electron chi connectivity index (χ1n) is 6.33. The summed E-state index contributed by atoms with van der Waals surface area (Å²) in [5.74, 6) is 1.75. The first-order valence-corrected chi connectivity index (χ1v) is 6.33. The molecule has 0 saturated carbocycles. The van der Waals surface area contributed by atoms with Crippen molar-refractivity contribution in [3.63, 3.8) is 0 Å². The van der Waals surface area contributed by atoms with Gasteiger partial charge in [0.15, 0.2) is 0 Å². The normalized spacial score (nSPS) is 29.7. The number of piperidine rings is 1. The molecule has 3 atom stereocenters. The highest BCUT2D eigenvalue weighted by molar-refractivity contribution is 5.88. The van der Waals surface area contributed by atoms with E-state index in [-0.39, 0.29) is 18.0 Å². The maximum Gasteiger partial charge on any atom is 0.121 e. The van der Waals surface area contributed by atoms with Crippen molar-refractivity contribution >= 4 is 5.71 Å². The molecule has 0 unspecified atom stereocenters. The van der Waals surface area contributed by atoms with Gasteiger partial charge in [-0.05, 0) is 24.3 Å². The molecule has 0 radical (unpaired) electrons. The predicted octanol–water partition coefficient (Wildman–Crippen LogP) is 3.11. The van der Waals surface area contributed by atoms with Gasteiger partial charge < -0.3 is 14.0 Å². The Bertz CT molecular complexity index is 545. The van der Waals surface area contributed by atoms with Crippen molar-refractivity contribution in [2.75, 3.05) is 0 Å². The molecule has 1 aliphatic rings. The van der Waals surface area contributed by atoms with Crippen LogP contribution in [0.3, 0.4) is 0 Å². The summed E-state index contributed by atoms with van der Waals surface area (Å²) in [6, 6.07) is 7.52. The van der Waals surface area contributed by atoms with Crippen molar-refractivity contribution in [2.24, 2.45) is 11.1 Å². The van der Waals surface area contributed by atoms with Crippen LogP contribution in [0.5, 0.6) is 0 Å². The van der Waals surface area contributed by atoms with Crippen LogP contribution in [-0.4, -0.2) is 10.9 Å².